The molecule has 1 aliphatic carbocycles. The second-order valence-electron chi connectivity index (χ2n) is 7.67. The highest BCUT2D eigenvalue weighted by Crippen LogP contribution is 2.37. The van der Waals surface area contributed by atoms with Crippen molar-refractivity contribution in [1.82, 2.24) is 25.3 Å². The van der Waals surface area contributed by atoms with Gasteiger partial charge in [-0.3, -0.25) is 14.6 Å². The van der Waals surface area contributed by atoms with Crippen molar-refractivity contribution in [2.24, 2.45) is 7.05 Å². The van der Waals surface area contributed by atoms with Crippen LogP contribution in [0.15, 0.2) is 6.07 Å². The van der Waals surface area contributed by atoms with Gasteiger partial charge in [0.15, 0.2) is 11.6 Å². The molecule has 0 radical (unpaired) electrons. The number of amides is 2. The Balaban J connectivity index is 1.62. The van der Waals surface area contributed by atoms with Crippen LogP contribution in [0.1, 0.15) is 60.9 Å². The van der Waals surface area contributed by atoms with E-state index < -0.39 is 17.8 Å². The van der Waals surface area contributed by atoms with Crippen molar-refractivity contribution in [3.8, 4) is 0 Å². The molecule has 2 amide bonds. The van der Waals surface area contributed by atoms with Crippen LogP contribution >= 0.6 is 0 Å². The fourth-order valence-corrected chi connectivity index (χ4v) is 3.55. The average molecular weight is 422 g/mol. The second-order valence-corrected chi connectivity index (χ2v) is 7.67. The topological polar surface area (TPSA) is 123 Å². The first-order valence-electron chi connectivity index (χ1n) is 9.82. The van der Waals surface area contributed by atoms with Gasteiger partial charge in [0, 0.05) is 26.1 Å². The molecule has 164 valence electrons. The summed E-state index contributed by atoms with van der Waals surface area (Å²) in [5.41, 5.74) is 1.15. The van der Waals surface area contributed by atoms with E-state index in [9.17, 15) is 14.0 Å². The molecule has 10 nitrogen and oxygen atoms in total. The molecular formula is C19H27FN6O4. The highest BCUT2D eigenvalue weighted by Gasteiger charge is 2.33. The minimum absolute atomic E-state index is 0.0177. The molecule has 11 heteroatoms. The molecule has 3 N–H and O–H groups in total. The Hall–Kier alpha value is -2.95. The Kier molecular flexibility index (Phi) is 6.70. The molecule has 0 bridgehead atoms. The van der Waals surface area contributed by atoms with Crippen LogP contribution < -0.4 is 10.6 Å². The maximum atomic E-state index is 14.9. The minimum Gasteiger partial charge on any atom is -0.446 e. The van der Waals surface area contributed by atoms with Crippen LogP contribution in [-0.2, 0) is 23.1 Å². The standard InChI is InChI=1S/C19H27FN6O4/c1-10(2)21-19(28)30-13-6-5-11(7-13)16-15(20)17(24-23-16)22-18(27)14-8-12(9-29-4)25-26(14)3/h8,10-11,13H,5-7,9H2,1-4H3,(H,21,28)(H2,22,23,24,27)/t11-,13+/m0/s1. The summed E-state index contributed by atoms with van der Waals surface area (Å²) >= 11 is 0. The average Bonchev–Trinajstić information content (AvgIpc) is 3.35. The Bertz CT molecular complexity index is 909. The molecule has 2 aromatic rings. The van der Waals surface area contributed by atoms with E-state index in [1.165, 1.54) is 11.8 Å². The number of H-pyrrole nitrogens is 1. The number of nitrogens with zero attached hydrogens (tertiary/aromatic N) is 3. The van der Waals surface area contributed by atoms with Crippen molar-refractivity contribution in [2.45, 2.75) is 57.8 Å². The summed E-state index contributed by atoms with van der Waals surface area (Å²) in [6.07, 6.45) is 1.00. The Morgan fingerprint density at radius 3 is 2.87 bits per heavy atom. The van der Waals surface area contributed by atoms with Gasteiger partial charge in [0.2, 0.25) is 0 Å². The van der Waals surface area contributed by atoms with E-state index in [-0.39, 0.29) is 36.2 Å². The number of aromatic nitrogens is 4. The van der Waals surface area contributed by atoms with E-state index in [2.05, 4.69) is 25.9 Å². The fraction of sp³-hybridized carbons (Fsp3) is 0.579. The number of halogens is 1. The van der Waals surface area contributed by atoms with Gasteiger partial charge in [-0.15, -0.1) is 0 Å². The SMILES string of the molecule is COCc1cc(C(=O)Nc2n[nH]c([C@H]3CC[C@@H](OC(=O)NC(C)C)C3)c2F)n(C)n1. The lowest BCUT2D eigenvalue weighted by atomic mass is 10.0. The molecule has 0 aromatic carbocycles. The summed E-state index contributed by atoms with van der Waals surface area (Å²) < 4.78 is 26.7. The minimum atomic E-state index is -0.611. The Morgan fingerprint density at radius 1 is 1.40 bits per heavy atom. The third-order valence-corrected chi connectivity index (χ3v) is 4.89. The van der Waals surface area contributed by atoms with Crippen molar-refractivity contribution in [1.29, 1.82) is 0 Å². The van der Waals surface area contributed by atoms with Crippen molar-refractivity contribution in [3.63, 3.8) is 0 Å². The number of carbonyl (C=O) groups excluding carboxylic acids is 2. The van der Waals surface area contributed by atoms with E-state index >= 15 is 0 Å². The Labute approximate surface area is 173 Å². The quantitative estimate of drug-likeness (QED) is 0.630. The van der Waals surface area contributed by atoms with Crippen LogP contribution in [0.25, 0.3) is 0 Å². The fourth-order valence-electron chi connectivity index (χ4n) is 3.55. The normalized spacial score (nSPS) is 18.6. The number of hydrogen-bond donors (Lipinski definition) is 3. The van der Waals surface area contributed by atoms with Gasteiger partial charge in [-0.05, 0) is 39.2 Å². The number of aryl methyl sites for hydroxylation is 1. The summed E-state index contributed by atoms with van der Waals surface area (Å²) in [5.74, 6) is -1.49. The van der Waals surface area contributed by atoms with Crippen LogP contribution in [-0.4, -0.2) is 51.2 Å². The number of rotatable bonds is 7. The molecule has 1 fully saturated rings. The van der Waals surface area contributed by atoms with Crippen molar-refractivity contribution >= 4 is 17.8 Å². The molecular weight excluding hydrogens is 395 g/mol. The molecule has 2 heterocycles. The molecule has 2 aromatic heterocycles. The van der Waals surface area contributed by atoms with Gasteiger partial charge < -0.3 is 20.1 Å². The number of aromatic amines is 1. The van der Waals surface area contributed by atoms with E-state index in [1.54, 1.807) is 13.1 Å². The third kappa shape index (κ3) is 4.96. The number of methoxy groups -OCH3 is 1. The second kappa shape index (κ2) is 9.24. The van der Waals surface area contributed by atoms with Gasteiger partial charge in [-0.1, -0.05) is 0 Å². The highest BCUT2D eigenvalue weighted by atomic mass is 19.1. The Morgan fingerprint density at radius 2 is 2.17 bits per heavy atom. The van der Waals surface area contributed by atoms with E-state index in [1.807, 2.05) is 13.8 Å². The number of hydrogen-bond acceptors (Lipinski definition) is 6. The maximum Gasteiger partial charge on any atom is 0.407 e. The summed E-state index contributed by atoms with van der Waals surface area (Å²) in [4.78, 5) is 24.3. The van der Waals surface area contributed by atoms with Crippen molar-refractivity contribution in [3.05, 3.63) is 29.0 Å². The molecule has 0 aliphatic heterocycles. The van der Waals surface area contributed by atoms with Crippen LogP contribution in [0.2, 0.25) is 0 Å². The zero-order chi connectivity index (χ0) is 21.8. The van der Waals surface area contributed by atoms with Gasteiger partial charge in [-0.2, -0.15) is 10.2 Å². The molecule has 3 rings (SSSR count). The van der Waals surface area contributed by atoms with Crippen molar-refractivity contribution in [2.75, 3.05) is 12.4 Å². The predicted molar refractivity (Wildman–Crippen MR) is 106 cm³/mol. The maximum absolute atomic E-state index is 14.9. The number of ether oxygens (including phenoxy) is 2. The van der Waals surface area contributed by atoms with Crippen LogP contribution in [0, 0.1) is 5.82 Å². The summed E-state index contributed by atoms with van der Waals surface area (Å²) in [6, 6.07) is 1.56. The van der Waals surface area contributed by atoms with Crippen LogP contribution in [0.4, 0.5) is 15.0 Å². The number of anilines is 1. The lowest BCUT2D eigenvalue weighted by Crippen LogP contribution is -2.33. The van der Waals surface area contributed by atoms with Gasteiger partial charge in [-0.25, -0.2) is 9.18 Å². The largest absolute Gasteiger partial charge is 0.446 e. The zero-order valence-electron chi connectivity index (χ0n) is 17.5. The first-order valence-corrected chi connectivity index (χ1v) is 9.82. The van der Waals surface area contributed by atoms with Crippen molar-refractivity contribution < 1.29 is 23.5 Å². The first-order chi connectivity index (χ1) is 14.3. The van der Waals surface area contributed by atoms with Gasteiger partial charge in [0.25, 0.3) is 5.91 Å². The molecule has 0 spiro atoms. The monoisotopic (exact) mass is 422 g/mol. The van der Waals surface area contributed by atoms with E-state index in [0.29, 0.717) is 30.7 Å². The predicted octanol–water partition coefficient (Wildman–Crippen LogP) is 2.45. The number of carbonyl (C=O) groups is 2. The molecule has 0 saturated heterocycles. The van der Waals surface area contributed by atoms with E-state index in [4.69, 9.17) is 9.47 Å². The highest BCUT2D eigenvalue weighted by molar-refractivity contribution is 6.02. The lowest BCUT2D eigenvalue weighted by Gasteiger charge is -2.14. The molecule has 1 aliphatic rings. The van der Waals surface area contributed by atoms with Crippen LogP contribution in [0.5, 0.6) is 0 Å². The molecule has 0 unspecified atom stereocenters. The van der Waals surface area contributed by atoms with Crippen LogP contribution in [0.3, 0.4) is 0 Å². The summed E-state index contributed by atoms with van der Waals surface area (Å²) in [7, 11) is 3.15. The van der Waals surface area contributed by atoms with Gasteiger partial charge in [0.1, 0.15) is 11.8 Å². The lowest BCUT2D eigenvalue weighted by molar-refractivity contribution is 0.0978. The van der Waals surface area contributed by atoms with Gasteiger partial charge >= 0.3 is 6.09 Å². The number of nitrogens with one attached hydrogen (secondary N) is 3. The zero-order valence-corrected chi connectivity index (χ0v) is 17.5. The molecule has 30 heavy (non-hydrogen) atoms. The summed E-state index contributed by atoms with van der Waals surface area (Å²) in [5, 5.41) is 15.9. The molecule has 2 atom stereocenters. The third-order valence-electron chi connectivity index (χ3n) is 4.89. The number of alkyl carbamates (subject to hydrolysis) is 1. The van der Waals surface area contributed by atoms with Gasteiger partial charge in [0.05, 0.1) is 18.0 Å². The summed E-state index contributed by atoms with van der Waals surface area (Å²) in [6.45, 7) is 3.96. The van der Waals surface area contributed by atoms with E-state index in [0.717, 1.165) is 0 Å². The smallest absolute Gasteiger partial charge is 0.407 e. The molecule has 1 saturated carbocycles. The first kappa shape index (κ1) is 21.8.